The Labute approximate surface area is 108 Å². The van der Waals surface area contributed by atoms with Crippen molar-refractivity contribution in [2.75, 3.05) is 6.54 Å². The maximum absolute atomic E-state index is 13.2. The molecule has 2 nitrogen and oxygen atoms in total. The van der Waals surface area contributed by atoms with Gasteiger partial charge in [-0.25, -0.2) is 4.39 Å². The van der Waals surface area contributed by atoms with Gasteiger partial charge in [-0.3, -0.25) is 0 Å². The highest BCUT2D eigenvalue weighted by molar-refractivity contribution is 5.34. The zero-order valence-electron chi connectivity index (χ0n) is 11.1. The van der Waals surface area contributed by atoms with Crippen LogP contribution < -0.4 is 5.32 Å². The molecule has 18 heavy (non-hydrogen) atoms. The fourth-order valence-corrected chi connectivity index (χ4v) is 2.84. The van der Waals surface area contributed by atoms with Crippen molar-refractivity contribution in [1.82, 2.24) is 5.32 Å². The van der Waals surface area contributed by atoms with Gasteiger partial charge in [-0.2, -0.15) is 0 Å². The summed E-state index contributed by atoms with van der Waals surface area (Å²) < 4.78 is 13.2. The van der Waals surface area contributed by atoms with Crippen molar-refractivity contribution in [2.45, 2.75) is 39.2 Å². The van der Waals surface area contributed by atoms with Crippen molar-refractivity contribution < 1.29 is 9.50 Å². The van der Waals surface area contributed by atoms with Gasteiger partial charge in [-0.05, 0) is 49.9 Å². The molecule has 0 aromatic heterocycles. The molecular formula is C15H22FNO. The predicted octanol–water partition coefficient (Wildman–Crippen LogP) is 3.62. The molecule has 2 N–H and O–H groups in total. The Morgan fingerprint density at radius 3 is 2.89 bits per heavy atom. The van der Waals surface area contributed by atoms with Crippen LogP contribution in [0.2, 0.25) is 0 Å². The quantitative estimate of drug-likeness (QED) is 0.856. The van der Waals surface area contributed by atoms with E-state index in [0.717, 1.165) is 12.5 Å². The highest BCUT2D eigenvalue weighted by Gasteiger charge is 2.23. The second-order valence-electron chi connectivity index (χ2n) is 5.50. The molecule has 1 aliphatic carbocycles. The van der Waals surface area contributed by atoms with Gasteiger partial charge in [0, 0.05) is 11.6 Å². The summed E-state index contributed by atoms with van der Waals surface area (Å²) in [5.41, 5.74) is 0.639. The van der Waals surface area contributed by atoms with E-state index in [9.17, 15) is 9.50 Å². The van der Waals surface area contributed by atoms with Crippen molar-refractivity contribution in [3.63, 3.8) is 0 Å². The smallest absolute Gasteiger partial charge is 0.123 e. The topological polar surface area (TPSA) is 32.3 Å². The van der Waals surface area contributed by atoms with Gasteiger partial charge >= 0.3 is 0 Å². The summed E-state index contributed by atoms with van der Waals surface area (Å²) >= 11 is 0. The van der Waals surface area contributed by atoms with Gasteiger partial charge in [0.15, 0.2) is 0 Å². The first-order valence-electron chi connectivity index (χ1n) is 6.79. The van der Waals surface area contributed by atoms with E-state index in [1.165, 1.54) is 37.5 Å². The zero-order valence-corrected chi connectivity index (χ0v) is 11.1. The molecule has 0 radical (unpaired) electrons. The zero-order chi connectivity index (χ0) is 13.1. The second kappa shape index (κ2) is 5.70. The predicted molar refractivity (Wildman–Crippen MR) is 71.0 cm³/mol. The number of phenolic OH excluding ortho intramolecular Hbond substituents is 1. The van der Waals surface area contributed by atoms with Crippen LogP contribution >= 0.6 is 0 Å². The van der Waals surface area contributed by atoms with Crippen molar-refractivity contribution in [3.05, 3.63) is 29.6 Å². The number of aromatic hydroxyl groups is 1. The highest BCUT2D eigenvalue weighted by Crippen LogP contribution is 2.31. The lowest BCUT2D eigenvalue weighted by Gasteiger charge is -2.21. The van der Waals surface area contributed by atoms with Crippen LogP contribution in [0.1, 0.15) is 44.7 Å². The molecule has 1 aliphatic rings. The number of hydrogen-bond donors (Lipinski definition) is 2. The maximum atomic E-state index is 13.2. The minimum absolute atomic E-state index is 0.0199. The highest BCUT2D eigenvalue weighted by atomic mass is 19.1. The van der Waals surface area contributed by atoms with Crippen LogP contribution in [-0.4, -0.2) is 11.7 Å². The van der Waals surface area contributed by atoms with Gasteiger partial charge in [0.05, 0.1) is 0 Å². The van der Waals surface area contributed by atoms with Crippen LogP contribution in [0.3, 0.4) is 0 Å². The lowest BCUT2D eigenvalue weighted by atomic mass is 9.97. The van der Waals surface area contributed by atoms with Crippen LogP contribution in [0, 0.1) is 17.7 Å². The molecule has 1 saturated carbocycles. The second-order valence-corrected chi connectivity index (χ2v) is 5.50. The third kappa shape index (κ3) is 3.02. The molecule has 3 unspecified atom stereocenters. The summed E-state index contributed by atoms with van der Waals surface area (Å²) in [5, 5.41) is 13.2. The third-order valence-electron chi connectivity index (χ3n) is 4.18. The number of hydrogen-bond acceptors (Lipinski definition) is 2. The van der Waals surface area contributed by atoms with Crippen LogP contribution in [-0.2, 0) is 0 Å². The van der Waals surface area contributed by atoms with Crippen LogP contribution in [0.25, 0.3) is 0 Å². The molecule has 3 heteroatoms. The number of halogens is 1. The van der Waals surface area contributed by atoms with Gasteiger partial charge in [-0.15, -0.1) is 0 Å². The maximum Gasteiger partial charge on any atom is 0.123 e. The van der Waals surface area contributed by atoms with E-state index in [4.69, 9.17) is 0 Å². The molecule has 0 heterocycles. The molecule has 1 fully saturated rings. The fraction of sp³-hybridized carbons (Fsp3) is 0.600. The average Bonchev–Trinajstić information content (AvgIpc) is 2.75. The molecule has 1 aromatic rings. The summed E-state index contributed by atoms with van der Waals surface area (Å²) in [4.78, 5) is 0. The molecule has 1 aromatic carbocycles. The Morgan fingerprint density at radius 1 is 1.44 bits per heavy atom. The van der Waals surface area contributed by atoms with Crippen molar-refractivity contribution in [3.8, 4) is 5.75 Å². The van der Waals surface area contributed by atoms with E-state index in [1.807, 2.05) is 6.92 Å². The van der Waals surface area contributed by atoms with Crippen molar-refractivity contribution in [2.24, 2.45) is 11.8 Å². The molecule has 0 spiro atoms. The summed E-state index contributed by atoms with van der Waals surface area (Å²) in [7, 11) is 0. The summed E-state index contributed by atoms with van der Waals surface area (Å²) in [6.45, 7) is 5.20. The largest absolute Gasteiger partial charge is 0.508 e. The van der Waals surface area contributed by atoms with E-state index in [1.54, 1.807) is 0 Å². The van der Waals surface area contributed by atoms with Gasteiger partial charge in [-0.1, -0.05) is 19.8 Å². The first-order chi connectivity index (χ1) is 8.58. The Balaban J connectivity index is 1.94. The Morgan fingerprint density at radius 2 is 2.22 bits per heavy atom. The van der Waals surface area contributed by atoms with Crippen molar-refractivity contribution in [1.29, 1.82) is 0 Å². The molecule has 0 bridgehead atoms. The van der Waals surface area contributed by atoms with Crippen molar-refractivity contribution >= 4 is 0 Å². The Bertz CT molecular complexity index is 407. The van der Waals surface area contributed by atoms with E-state index in [0.29, 0.717) is 11.5 Å². The van der Waals surface area contributed by atoms with Gasteiger partial charge in [0.25, 0.3) is 0 Å². The Kier molecular flexibility index (Phi) is 4.23. The lowest BCUT2D eigenvalue weighted by molar-refractivity contribution is 0.369. The summed E-state index contributed by atoms with van der Waals surface area (Å²) in [6, 6.07) is 4.09. The van der Waals surface area contributed by atoms with Crippen LogP contribution in [0.15, 0.2) is 18.2 Å². The molecule has 0 saturated heterocycles. The van der Waals surface area contributed by atoms with E-state index in [-0.39, 0.29) is 17.6 Å². The third-order valence-corrected chi connectivity index (χ3v) is 4.18. The molecule has 0 aliphatic heterocycles. The molecular weight excluding hydrogens is 229 g/mol. The average molecular weight is 251 g/mol. The fourth-order valence-electron chi connectivity index (χ4n) is 2.84. The van der Waals surface area contributed by atoms with Crippen LogP contribution in [0.4, 0.5) is 4.39 Å². The number of rotatable bonds is 4. The van der Waals surface area contributed by atoms with Gasteiger partial charge < -0.3 is 10.4 Å². The van der Waals surface area contributed by atoms with Gasteiger partial charge in [0.2, 0.25) is 0 Å². The summed E-state index contributed by atoms with van der Waals surface area (Å²) in [6.07, 6.45) is 3.90. The lowest BCUT2D eigenvalue weighted by Crippen LogP contribution is -2.27. The SMILES string of the molecule is CC(NCC1CCCC1C)c1cc(F)ccc1O. The molecule has 2 rings (SSSR count). The normalized spacial score (nSPS) is 25.3. The molecule has 0 amide bonds. The van der Waals surface area contributed by atoms with E-state index in [2.05, 4.69) is 12.2 Å². The van der Waals surface area contributed by atoms with E-state index >= 15 is 0 Å². The first kappa shape index (κ1) is 13.3. The first-order valence-corrected chi connectivity index (χ1v) is 6.79. The number of nitrogens with one attached hydrogen (secondary N) is 1. The number of benzene rings is 1. The monoisotopic (exact) mass is 251 g/mol. The molecule has 100 valence electrons. The minimum atomic E-state index is -0.300. The van der Waals surface area contributed by atoms with E-state index < -0.39 is 0 Å². The minimum Gasteiger partial charge on any atom is -0.508 e. The summed E-state index contributed by atoms with van der Waals surface area (Å²) in [5.74, 6) is 1.34. The molecule has 3 atom stereocenters. The van der Waals surface area contributed by atoms with Gasteiger partial charge in [0.1, 0.15) is 11.6 Å². The van der Waals surface area contributed by atoms with Crippen LogP contribution in [0.5, 0.6) is 5.75 Å². The number of phenols is 1. The standard InChI is InChI=1S/C15H22FNO/c1-10-4-3-5-12(10)9-17-11(2)14-8-13(16)6-7-15(14)18/h6-8,10-12,17-18H,3-5,9H2,1-2H3. The Hall–Kier alpha value is -1.09.